The van der Waals surface area contributed by atoms with Crippen molar-refractivity contribution >= 4 is 17.7 Å². The molecule has 0 bridgehead atoms. The summed E-state index contributed by atoms with van der Waals surface area (Å²) in [6, 6.07) is 8.96. The van der Waals surface area contributed by atoms with Crippen molar-refractivity contribution in [1.82, 2.24) is 15.5 Å². The number of likely N-dealkylation sites (N-methyl/N-ethyl adjacent to an activating group) is 1. The van der Waals surface area contributed by atoms with Crippen molar-refractivity contribution in [3.05, 3.63) is 35.9 Å². The van der Waals surface area contributed by atoms with E-state index in [0.717, 1.165) is 5.56 Å². The summed E-state index contributed by atoms with van der Waals surface area (Å²) in [6.45, 7) is 3.65. The number of nitrogens with zero attached hydrogens (tertiary/aromatic N) is 1. The van der Waals surface area contributed by atoms with Crippen LogP contribution in [0.3, 0.4) is 0 Å². The standard InChI is InChI=1S/C17H23N3O3/c1-12(15(22)18-3)19-16(23)17(9-10-20(17)13(2)21)11-14-7-5-4-6-8-14/h4-8,12H,9-11H2,1-3H3,(H,18,22)(H,19,23)/t12-,17?/m0/s1. The number of hydrogen-bond acceptors (Lipinski definition) is 3. The Balaban J connectivity index is 2.22. The highest BCUT2D eigenvalue weighted by Crippen LogP contribution is 2.34. The molecule has 0 aliphatic carbocycles. The highest BCUT2D eigenvalue weighted by atomic mass is 16.2. The highest BCUT2D eigenvalue weighted by molar-refractivity contribution is 5.96. The highest BCUT2D eigenvalue weighted by Gasteiger charge is 2.52. The first kappa shape index (κ1) is 17.0. The van der Waals surface area contributed by atoms with Crippen LogP contribution in [-0.2, 0) is 20.8 Å². The quantitative estimate of drug-likeness (QED) is 0.829. The second kappa shape index (κ2) is 6.81. The molecule has 23 heavy (non-hydrogen) atoms. The number of carbonyl (C=O) groups is 3. The van der Waals surface area contributed by atoms with Gasteiger partial charge in [-0.05, 0) is 18.9 Å². The van der Waals surface area contributed by atoms with Gasteiger partial charge in [0.15, 0.2) is 0 Å². The molecule has 1 aromatic rings. The molecule has 1 aliphatic heterocycles. The summed E-state index contributed by atoms with van der Waals surface area (Å²) in [4.78, 5) is 37.9. The summed E-state index contributed by atoms with van der Waals surface area (Å²) in [5.41, 5.74) is 0.0799. The molecule has 1 aliphatic rings. The second-order valence-corrected chi connectivity index (χ2v) is 5.92. The van der Waals surface area contributed by atoms with Gasteiger partial charge in [-0.25, -0.2) is 0 Å². The lowest BCUT2D eigenvalue weighted by Crippen LogP contribution is -2.71. The molecular weight excluding hydrogens is 294 g/mol. The predicted molar refractivity (Wildman–Crippen MR) is 86.6 cm³/mol. The molecule has 6 nitrogen and oxygen atoms in total. The van der Waals surface area contributed by atoms with Crippen LogP contribution in [0.5, 0.6) is 0 Å². The minimum Gasteiger partial charge on any atom is -0.357 e. The van der Waals surface area contributed by atoms with Gasteiger partial charge in [-0.1, -0.05) is 30.3 Å². The van der Waals surface area contributed by atoms with Crippen molar-refractivity contribution in [1.29, 1.82) is 0 Å². The van der Waals surface area contributed by atoms with Gasteiger partial charge in [-0.15, -0.1) is 0 Å². The Labute approximate surface area is 136 Å². The molecule has 124 valence electrons. The number of amides is 3. The van der Waals surface area contributed by atoms with Gasteiger partial charge in [-0.3, -0.25) is 14.4 Å². The molecule has 1 heterocycles. The van der Waals surface area contributed by atoms with E-state index in [4.69, 9.17) is 0 Å². The van der Waals surface area contributed by atoms with E-state index < -0.39 is 11.6 Å². The van der Waals surface area contributed by atoms with Crippen molar-refractivity contribution < 1.29 is 14.4 Å². The van der Waals surface area contributed by atoms with Crippen LogP contribution in [0.4, 0.5) is 0 Å². The maximum Gasteiger partial charge on any atom is 0.247 e. The number of rotatable bonds is 5. The summed E-state index contributed by atoms with van der Waals surface area (Å²) in [5, 5.41) is 5.24. The lowest BCUT2D eigenvalue weighted by Gasteiger charge is -2.51. The Morgan fingerprint density at radius 1 is 1.26 bits per heavy atom. The number of likely N-dealkylation sites (tertiary alicyclic amines) is 1. The lowest BCUT2D eigenvalue weighted by atomic mass is 9.78. The third kappa shape index (κ3) is 3.36. The van der Waals surface area contributed by atoms with Crippen LogP contribution in [0, 0.1) is 0 Å². The second-order valence-electron chi connectivity index (χ2n) is 5.92. The zero-order valence-electron chi connectivity index (χ0n) is 13.8. The van der Waals surface area contributed by atoms with Crippen molar-refractivity contribution in [2.75, 3.05) is 13.6 Å². The van der Waals surface area contributed by atoms with Crippen molar-refractivity contribution in [2.45, 2.75) is 38.3 Å². The van der Waals surface area contributed by atoms with Gasteiger partial charge in [-0.2, -0.15) is 0 Å². The summed E-state index contributed by atoms with van der Waals surface area (Å²) in [7, 11) is 1.52. The van der Waals surface area contributed by atoms with Crippen LogP contribution in [-0.4, -0.2) is 47.8 Å². The van der Waals surface area contributed by atoms with Gasteiger partial charge in [0.2, 0.25) is 17.7 Å². The largest absolute Gasteiger partial charge is 0.357 e. The molecule has 1 aromatic carbocycles. The van der Waals surface area contributed by atoms with Crippen molar-refractivity contribution in [3.8, 4) is 0 Å². The van der Waals surface area contributed by atoms with E-state index in [2.05, 4.69) is 10.6 Å². The fourth-order valence-electron chi connectivity index (χ4n) is 3.00. The molecule has 3 amide bonds. The average molecular weight is 317 g/mol. The van der Waals surface area contributed by atoms with Gasteiger partial charge in [0, 0.05) is 26.9 Å². The zero-order valence-corrected chi connectivity index (χ0v) is 13.8. The lowest BCUT2D eigenvalue weighted by molar-refractivity contribution is -0.158. The third-order valence-electron chi connectivity index (χ3n) is 4.40. The first-order valence-corrected chi connectivity index (χ1v) is 7.75. The zero-order chi connectivity index (χ0) is 17.0. The van der Waals surface area contributed by atoms with E-state index >= 15 is 0 Å². The maximum absolute atomic E-state index is 12.8. The molecule has 0 aromatic heterocycles. The Morgan fingerprint density at radius 2 is 1.91 bits per heavy atom. The summed E-state index contributed by atoms with van der Waals surface area (Å²) >= 11 is 0. The molecule has 2 rings (SSSR count). The minimum absolute atomic E-state index is 0.130. The van der Waals surface area contributed by atoms with Crippen LogP contribution >= 0.6 is 0 Å². The van der Waals surface area contributed by atoms with Crippen LogP contribution in [0.25, 0.3) is 0 Å². The van der Waals surface area contributed by atoms with E-state index in [1.807, 2.05) is 30.3 Å². The molecular formula is C17H23N3O3. The van der Waals surface area contributed by atoms with E-state index in [-0.39, 0.29) is 17.7 Å². The Morgan fingerprint density at radius 3 is 2.39 bits per heavy atom. The summed E-state index contributed by atoms with van der Waals surface area (Å²) in [6.07, 6.45) is 1.04. The molecule has 0 spiro atoms. The first-order valence-electron chi connectivity index (χ1n) is 7.75. The third-order valence-corrected chi connectivity index (χ3v) is 4.40. The monoisotopic (exact) mass is 317 g/mol. The smallest absolute Gasteiger partial charge is 0.247 e. The van der Waals surface area contributed by atoms with Gasteiger partial charge in [0.25, 0.3) is 0 Å². The Kier molecular flexibility index (Phi) is 5.03. The van der Waals surface area contributed by atoms with Crippen molar-refractivity contribution in [2.24, 2.45) is 0 Å². The van der Waals surface area contributed by atoms with E-state index in [1.165, 1.54) is 14.0 Å². The van der Waals surface area contributed by atoms with Crippen molar-refractivity contribution in [3.63, 3.8) is 0 Å². The predicted octanol–water partition coefficient (Wildman–Crippen LogP) is 0.471. The summed E-state index contributed by atoms with van der Waals surface area (Å²) < 4.78 is 0. The summed E-state index contributed by atoms with van der Waals surface area (Å²) in [5.74, 6) is -0.671. The van der Waals surface area contributed by atoms with Crippen LogP contribution in [0.2, 0.25) is 0 Å². The normalized spacial score (nSPS) is 21.1. The molecule has 1 fully saturated rings. The minimum atomic E-state index is -0.907. The molecule has 2 N–H and O–H groups in total. The number of hydrogen-bond donors (Lipinski definition) is 2. The van der Waals surface area contributed by atoms with E-state index in [0.29, 0.717) is 19.4 Å². The average Bonchev–Trinajstić information content (AvgIpc) is 2.50. The van der Waals surface area contributed by atoms with Crippen LogP contribution in [0.1, 0.15) is 25.8 Å². The van der Waals surface area contributed by atoms with E-state index in [1.54, 1.807) is 11.8 Å². The van der Waals surface area contributed by atoms with Gasteiger partial charge in [0.1, 0.15) is 11.6 Å². The molecule has 0 saturated carbocycles. The van der Waals surface area contributed by atoms with Crippen LogP contribution < -0.4 is 10.6 Å². The van der Waals surface area contributed by atoms with E-state index in [9.17, 15) is 14.4 Å². The molecule has 6 heteroatoms. The molecule has 0 radical (unpaired) electrons. The van der Waals surface area contributed by atoms with Gasteiger partial charge >= 0.3 is 0 Å². The number of nitrogens with one attached hydrogen (secondary N) is 2. The number of benzene rings is 1. The Bertz CT molecular complexity index is 602. The topological polar surface area (TPSA) is 78.5 Å². The van der Waals surface area contributed by atoms with Gasteiger partial charge < -0.3 is 15.5 Å². The Hall–Kier alpha value is -2.37. The van der Waals surface area contributed by atoms with Gasteiger partial charge in [0.05, 0.1) is 0 Å². The molecule has 2 atom stereocenters. The number of carbonyl (C=O) groups excluding carboxylic acids is 3. The fraction of sp³-hybridized carbons (Fsp3) is 0.471. The molecule has 1 saturated heterocycles. The SMILES string of the molecule is CNC(=O)[C@H](C)NC(=O)C1(Cc2ccccc2)CCN1C(C)=O. The maximum atomic E-state index is 12.8. The molecule has 1 unspecified atom stereocenters. The fourth-order valence-corrected chi connectivity index (χ4v) is 3.00. The van der Waals surface area contributed by atoms with Crippen LogP contribution in [0.15, 0.2) is 30.3 Å². The first-order chi connectivity index (χ1) is 10.9.